The number of anilines is 2. The molecule has 2 aliphatic carbocycles. The highest BCUT2D eigenvalue weighted by atomic mass is 15.3. The van der Waals surface area contributed by atoms with E-state index in [2.05, 4.69) is 15.7 Å². The van der Waals surface area contributed by atoms with Gasteiger partial charge >= 0.3 is 0 Å². The van der Waals surface area contributed by atoms with Gasteiger partial charge in [0.2, 0.25) is 0 Å². The maximum absolute atomic E-state index is 5.35. The van der Waals surface area contributed by atoms with Gasteiger partial charge < -0.3 is 10.7 Å². The zero-order valence-corrected chi connectivity index (χ0v) is 10.0. The Morgan fingerprint density at radius 3 is 2.41 bits per heavy atom. The zero-order valence-electron chi connectivity index (χ0n) is 10.0. The second-order valence-corrected chi connectivity index (χ2v) is 5.27. The number of nitrogen functional groups attached to an aromatic ring is 1. The van der Waals surface area contributed by atoms with Crippen molar-refractivity contribution in [2.45, 2.75) is 25.7 Å². The fourth-order valence-electron chi connectivity index (χ4n) is 2.60. The lowest BCUT2D eigenvalue weighted by molar-refractivity contribution is 0.428. The average molecular weight is 232 g/mol. The van der Waals surface area contributed by atoms with Gasteiger partial charge in [0.15, 0.2) is 0 Å². The minimum Gasteiger partial charge on any atom is -0.370 e. The molecule has 2 saturated carbocycles. The smallest absolute Gasteiger partial charge is 0.142 e. The van der Waals surface area contributed by atoms with Crippen molar-refractivity contribution in [3.8, 4) is 0 Å². The van der Waals surface area contributed by atoms with E-state index >= 15 is 0 Å². The van der Waals surface area contributed by atoms with Gasteiger partial charge in [-0.1, -0.05) is 6.07 Å². The predicted molar refractivity (Wildman–Crippen MR) is 69.5 cm³/mol. The molecule has 0 unspecified atom stereocenters. The highest BCUT2D eigenvalue weighted by Gasteiger charge is 2.40. The summed E-state index contributed by atoms with van der Waals surface area (Å²) in [6, 6.07) is 5.83. The third kappa shape index (κ3) is 2.69. The number of nitrogens with one attached hydrogen (secondary N) is 2. The summed E-state index contributed by atoms with van der Waals surface area (Å²) in [7, 11) is 0. The van der Waals surface area contributed by atoms with Gasteiger partial charge in [-0.2, -0.15) is 0 Å². The van der Waals surface area contributed by atoms with Gasteiger partial charge in [0.25, 0.3) is 0 Å². The Morgan fingerprint density at radius 1 is 1.18 bits per heavy atom. The van der Waals surface area contributed by atoms with E-state index < -0.39 is 0 Å². The van der Waals surface area contributed by atoms with E-state index in [-0.39, 0.29) is 0 Å². The van der Waals surface area contributed by atoms with Crippen molar-refractivity contribution >= 4 is 11.6 Å². The van der Waals surface area contributed by atoms with E-state index in [0.717, 1.165) is 30.1 Å². The summed E-state index contributed by atoms with van der Waals surface area (Å²) < 4.78 is 0. The van der Waals surface area contributed by atoms with Crippen LogP contribution in [0, 0.1) is 17.8 Å². The molecule has 0 bridgehead atoms. The highest BCUT2D eigenvalue weighted by Crippen LogP contribution is 2.49. The summed E-state index contributed by atoms with van der Waals surface area (Å²) >= 11 is 0. The lowest BCUT2D eigenvalue weighted by Gasteiger charge is -2.16. The monoisotopic (exact) mass is 232 g/mol. The summed E-state index contributed by atoms with van der Waals surface area (Å²) in [5.41, 5.74) is 2.57. The molecule has 92 valence electrons. The zero-order chi connectivity index (χ0) is 11.7. The molecule has 17 heavy (non-hydrogen) atoms. The predicted octanol–water partition coefficient (Wildman–Crippen LogP) is 2.22. The van der Waals surface area contributed by atoms with Crippen LogP contribution < -0.4 is 16.6 Å². The first-order valence-electron chi connectivity index (χ1n) is 6.54. The summed E-state index contributed by atoms with van der Waals surface area (Å²) in [4.78, 5) is 4.38. The van der Waals surface area contributed by atoms with E-state index in [1.807, 2.05) is 18.2 Å². The number of pyridine rings is 1. The lowest BCUT2D eigenvalue weighted by atomic mass is 9.98. The van der Waals surface area contributed by atoms with Crippen molar-refractivity contribution in [1.29, 1.82) is 0 Å². The van der Waals surface area contributed by atoms with E-state index in [0.29, 0.717) is 5.82 Å². The summed E-state index contributed by atoms with van der Waals surface area (Å²) in [6.45, 7) is 1.07. The molecule has 0 aromatic carbocycles. The fraction of sp³-hybridized carbons (Fsp3) is 0.615. The molecular weight excluding hydrogens is 212 g/mol. The largest absolute Gasteiger partial charge is 0.370 e. The minimum atomic E-state index is 0.712. The van der Waals surface area contributed by atoms with Gasteiger partial charge in [0, 0.05) is 6.54 Å². The molecule has 1 aromatic rings. The molecule has 0 radical (unpaired) electrons. The van der Waals surface area contributed by atoms with Crippen molar-refractivity contribution in [2.75, 3.05) is 17.3 Å². The first-order chi connectivity index (χ1) is 8.36. The van der Waals surface area contributed by atoms with Gasteiger partial charge in [0.05, 0.1) is 0 Å². The summed E-state index contributed by atoms with van der Waals surface area (Å²) in [5.74, 6) is 9.81. The number of hydrogen-bond donors (Lipinski definition) is 3. The van der Waals surface area contributed by atoms with Crippen LogP contribution in [0.25, 0.3) is 0 Å². The summed E-state index contributed by atoms with van der Waals surface area (Å²) in [5, 5.41) is 3.46. The van der Waals surface area contributed by atoms with E-state index in [1.165, 1.54) is 25.7 Å². The maximum atomic E-state index is 5.35. The number of hydrogen-bond acceptors (Lipinski definition) is 4. The van der Waals surface area contributed by atoms with Crippen LogP contribution in [-0.4, -0.2) is 11.5 Å². The Hall–Kier alpha value is -1.29. The second kappa shape index (κ2) is 4.53. The van der Waals surface area contributed by atoms with Crippen LogP contribution in [0.5, 0.6) is 0 Å². The van der Waals surface area contributed by atoms with Crippen LogP contribution in [0.15, 0.2) is 18.2 Å². The van der Waals surface area contributed by atoms with Gasteiger partial charge in [-0.25, -0.2) is 10.8 Å². The highest BCUT2D eigenvalue weighted by molar-refractivity contribution is 5.44. The van der Waals surface area contributed by atoms with Crippen LogP contribution >= 0.6 is 0 Å². The SMILES string of the molecule is NNc1cccc(NCC(C2CC2)C2CC2)n1. The number of nitrogens with zero attached hydrogens (tertiary/aromatic N) is 1. The third-order valence-corrected chi connectivity index (χ3v) is 3.87. The number of rotatable bonds is 6. The topological polar surface area (TPSA) is 63.0 Å². The molecule has 1 aromatic heterocycles. The van der Waals surface area contributed by atoms with Crippen LogP contribution in [0.4, 0.5) is 11.6 Å². The van der Waals surface area contributed by atoms with Crippen LogP contribution in [0.1, 0.15) is 25.7 Å². The fourth-order valence-corrected chi connectivity index (χ4v) is 2.60. The van der Waals surface area contributed by atoms with Crippen LogP contribution in [0.3, 0.4) is 0 Å². The molecule has 0 saturated heterocycles. The van der Waals surface area contributed by atoms with E-state index in [9.17, 15) is 0 Å². The molecule has 0 aliphatic heterocycles. The van der Waals surface area contributed by atoms with Gasteiger partial charge in [-0.3, -0.25) is 0 Å². The van der Waals surface area contributed by atoms with Crippen molar-refractivity contribution in [1.82, 2.24) is 4.98 Å². The Morgan fingerprint density at radius 2 is 1.82 bits per heavy atom. The third-order valence-electron chi connectivity index (χ3n) is 3.87. The molecule has 4 nitrogen and oxygen atoms in total. The minimum absolute atomic E-state index is 0.712. The molecule has 3 rings (SSSR count). The molecule has 0 spiro atoms. The van der Waals surface area contributed by atoms with Gasteiger partial charge in [0.1, 0.15) is 11.6 Å². The number of aromatic nitrogens is 1. The Balaban J connectivity index is 1.58. The van der Waals surface area contributed by atoms with Gasteiger partial charge in [-0.15, -0.1) is 0 Å². The quantitative estimate of drug-likeness (QED) is 0.520. The molecule has 2 aliphatic rings. The summed E-state index contributed by atoms with van der Waals surface area (Å²) in [6.07, 6.45) is 5.72. The van der Waals surface area contributed by atoms with Crippen molar-refractivity contribution in [3.63, 3.8) is 0 Å². The molecule has 4 heteroatoms. The van der Waals surface area contributed by atoms with E-state index in [1.54, 1.807) is 0 Å². The normalized spacial score (nSPS) is 19.4. The van der Waals surface area contributed by atoms with Crippen molar-refractivity contribution < 1.29 is 0 Å². The molecule has 0 amide bonds. The maximum Gasteiger partial charge on any atom is 0.142 e. The van der Waals surface area contributed by atoms with Crippen LogP contribution in [0.2, 0.25) is 0 Å². The first-order valence-corrected chi connectivity index (χ1v) is 6.54. The van der Waals surface area contributed by atoms with Crippen LogP contribution in [-0.2, 0) is 0 Å². The van der Waals surface area contributed by atoms with E-state index in [4.69, 9.17) is 5.84 Å². The number of hydrazine groups is 1. The van der Waals surface area contributed by atoms with Crippen molar-refractivity contribution in [2.24, 2.45) is 23.6 Å². The molecular formula is C13H20N4. The van der Waals surface area contributed by atoms with Crippen molar-refractivity contribution in [3.05, 3.63) is 18.2 Å². The number of nitrogens with two attached hydrogens (primary N) is 1. The molecule has 1 heterocycles. The molecule has 4 N–H and O–H groups in total. The Bertz CT molecular complexity index is 373. The molecule has 0 atom stereocenters. The standard InChI is InChI=1S/C13H20N4/c14-17-13-3-1-2-12(16-13)15-8-11(9-4-5-9)10-6-7-10/h1-3,9-11H,4-8,14H2,(H2,15,16,17). The average Bonchev–Trinajstić information content (AvgIpc) is 3.22. The Labute approximate surface area is 102 Å². The first kappa shape index (κ1) is 10.8. The second-order valence-electron chi connectivity index (χ2n) is 5.27. The lowest BCUT2D eigenvalue weighted by Crippen LogP contribution is -2.19. The Kier molecular flexibility index (Phi) is 2.89. The molecule has 2 fully saturated rings. The van der Waals surface area contributed by atoms with Gasteiger partial charge in [-0.05, 0) is 55.6 Å².